The number of nitrogens with zero attached hydrogens (tertiary/aromatic N) is 1. The maximum atomic E-state index is 11.7. The quantitative estimate of drug-likeness (QED) is 0.817. The van der Waals surface area contributed by atoms with Crippen LogP contribution in [0, 0.1) is 0 Å². The Hall–Kier alpha value is -2.08. The number of carboxylic acid groups (broad SMARTS) is 1. The van der Waals surface area contributed by atoms with Gasteiger partial charge < -0.3 is 15.2 Å². The number of nitrogens with one attached hydrogen (secondary N) is 1. The highest BCUT2D eigenvalue weighted by Gasteiger charge is 2.29. The van der Waals surface area contributed by atoms with E-state index in [1.54, 1.807) is 19.2 Å². The summed E-state index contributed by atoms with van der Waals surface area (Å²) in [7, 11) is 1.65. The van der Waals surface area contributed by atoms with Crippen LogP contribution in [0.4, 0.5) is 0 Å². The van der Waals surface area contributed by atoms with Gasteiger partial charge >= 0.3 is 5.97 Å². The first-order valence-electron chi connectivity index (χ1n) is 7.03. The molecule has 1 aliphatic rings. The third-order valence-electron chi connectivity index (χ3n) is 3.66. The van der Waals surface area contributed by atoms with Crippen LogP contribution in [0.1, 0.15) is 23.2 Å². The average molecular weight is 292 g/mol. The molecule has 1 aromatic rings. The highest BCUT2D eigenvalue weighted by atomic mass is 16.5. The lowest BCUT2D eigenvalue weighted by molar-refractivity contribution is -0.125. The van der Waals surface area contributed by atoms with Crippen molar-refractivity contribution in [1.82, 2.24) is 10.2 Å². The largest absolute Gasteiger partial charge is 0.492 e. The van der Waals surface area contributed by atoms with Crippen molar-refractivity contribution >= 4 is 11.9 Å². The number of rotatable bonds is 6. The van der Waals surface area contributed by atoms with Crippen molar-refractivity contribution in [1.29, 1.82) is 0 Å². The molecule has 6 nitrogen and oxygen atoms in total. The number of aromatic carboxylic acids is 1. The fraction of sp³-hybridized carbons (Fsp3) is 0.467. The molecule has 1 saturated heterocycles. The minimum Gasteiger partial charge on any atom is -0.492 e. The van der Waals surface area contributed by atoms with E-state index in [1.807, 2.05) is 0 Å². The van der Waals surface area contributed by atoms with Gasteiger partial charge in [0.2, 0.25) is 5.91 Å². The van der Waals surface area contributed by atoms with Crippen molar-refractivity contribution in [2.75, 3.05) is 26.7 Å². The molecule has 0 spiro atoms. The molecule has 2 rings (SSSR count). The molecule has 114 valence electrons. The SMILES string of the molecule is CNC(=O)C1CCCN1CCOc1ccc(C(=O)O)cc1. The van der Waals surface area contributed by atoms with E-state index >= 15 is 0 Å². The molecule has 1 heterocycles. The molecule has 0 radical (unpaired) electrons. The number of hydrogen-bond donors (Lipinski definition) is 2. The summed E-state index contributed by atoms with van der Waals surface area (Å²) in [5.41, 5.74) is 0.238. The zero-order chi connectivity index (χ0) is 15.2. The predicted molar refractivity (Wildman–Crippen MR) is 77.6 cm³/mol. The van der Waals surface area contributed by atoms with E-state index in [2.05, 4.69) is 10.2 Å². The molecule has 6 heteroatoms. The summed E-state index contributed by atoms with van der Waals surface area (Å²) in [6.45, 7) is 2.05. The normalized spacial score (nSPS) is 18.4. The van der Waals surface area contributed by atoms with Crippen LogP contribution >= 0.6 is 0 Å². The van der Waals surface area contributed by atoms with Gasteiger partial charge in [0.1, 0.15) is 12.4 Å². The maximum Gasteiger partial charge on any atom is 0.335 e. The first kappa shape index (κ1) is 15.3. The van der Waals surface area contributed by atoms with E-state index in [1.165, 1.54) is 12.1 Å². The molecular weight excluding hydrogens is 272 g/mol. The Morgan fingerprint density at radius 2 is 2.10 bits per heavy atom. The van der Waals surface area contributed by atoms with Crippen LogP contribution in [0.25, 0.3) is 0 Å². The summed E-state index contributed by atoms with van der Waals surface area (Å²) in [5.74, 6) is -0.263. The third-order valence-corrected chi connectivity index (χ3v) is 3.66. The van der Waals surface area contributed by atoms with Gasteiger partial charge in [-0.05, 0) is 43.7 Å². The number of benzene rings is 1. The van der Waals surface area contributed by atoms with Gasteiger partial charge in [-0.15, -0.1) is 0 Å². The third kappa shape index (κ3) is 3.95. The molecule has 2 N–H and O–H groups in total. The van der Waals surface area contributed by atoms with Crippen LogP contribution in [0.2, 0.25) is 0 Å². The van der Waals surface area contributed by atoms with Crippen LogP contribution in [0.5, 0.6) is 5.75 Å². The van der Waals surface area contributed by atoms with Gasteiger partial charge in [0.25, 0.3) is 0 Å². The summed E-state index contributed by atoms with van der Waals surface area (Å²) >= 11 is 0. The van der Waals surface area contributed by atoms with E-state index < -0.39 is 5.97 Å². The van der Waals surface area contributed by atoms with Gasteiger partial charge in [-0.1, -0.05) is 0 Å². The van der Waals surface area contributed by atoms with Gasteiger partial charge in [0.15, 0.2) is 0 Å². The minimum absolute atomic E-state index is 0.0540. The van der Waals surface area contributed by atoms with Crippen molar-refractivity contribution in [3.05, 3.63) is 29.8 Å². The average Bonchev–Trinajstić information content (AvgIpc) is 2.95. The van der Waals surface area contributed by atoms with E-state index in [4.69, 9.17) is 9.84 Å². The molecule has 1 aliphatic heterocycles. The van der Waals surface area contributed by atoms with Crippen LogP contribution in [-0.4, -0.2) is 54.7 Å². The highest BCUT2D eigenvalue weighted by molar-refractivity contribution is 5.87. The number of carboxylic acids is 1. The molecule has 0 saturated carbocycles. The van der Waals surface area contributed by atoms with Crippen molar-refractivity contribution in [3.8, 4) is 5.75 Å². The van der Waals surface area contributed by atoms with Crippen molar-refractivity contribution in [3.63, 3.8) is 0 Å². The van der Waals surface area contributed by atoms with Gasteiger partial charge in [0, 0.05) is 13.6 Å². The number of amides is 1. The van der Waals surface area contributed by atoms with E-state index in [-0.39, 0.29) is 17.5 Å². The highest BCUT2D eigenvalue weighted by Crippen LogP contribution is 2.17. The Morgan fingerprint density at radius 1 is 1.38 bits per heavy atom. The Bertz CT molecular complexity index is 501. The standard InChI is InChI=1S/C15H20N2O4/c1-16-14(18)13-3-2-8-17(13)9-10-21-12-6-4-11(5-7-12)15(19)20/h4-7,13H,2-3,8-10H2,1H3,(H,16,18)(H,19,20). The lowest BCUT2D eigenvalue weighted by Gasteiger charge is -2.22. The van der Waals surface area contributed by atoms with E-state index in [0.717, 1.165) is 19.4 Å². The van der Waals surface area contributed by atoms with E-state index in [0.29, 0.717) is 18.9 Å². The van der Waals surface area contributed by atoms with Crippen LogP contribution < -0.4 is 10.1 Å². The summed E-state index contributed by atoms with van der Waals surface area (Å²) < 4.78 is 5.60. The van der Waals surface area contributed by atoms with Crippen LogP contribution in [0.3, 0.4) is 0 Å². The number of carbonyl (C=O) groups excluding carboxylic acids is 1. The number of likely N-dealkylation sites (N-methyl/N-ethyl adjacent to an activating group) is 1. The smallest absolute Gasteiger partial charge is 0.335 e. The lowest BCUT2D eigenvalue weighted by Crippen LogP contribution is -2.43. The van der Waals surface area contributed by atoms with Crippen LogP contribution in [-0.2, 0) is 4.79 Å². The van der Waals surface area contributed by atoms with Crippen molar-refractivity contribution in [2.45, 2.75) is 18.9 Å². The van der Waals surface area contributed by atoms with Gasteiger partial charge in [-0.25, -0.2) is 4.79 Å². The Morgan fingerprint density at radius 3 is 2.71 bits per heavy atom. The number of hydrogen-bond acceptors (Lipinski definition) is 4. The number of likely N-dealkylation sites (tertiary alicyclic amines) is 1. The van der Waals surface area contributed by atoms with Gasteiger partial charge in [-0.3, -0.25) is 9.69 Å². The first-order valence-corrected chi connectivity index (χ1v) is 7.03. The summed E-state index contributed by atoms with van der Waals surface area (Å²) in [6, 6.07) is 6.25. The second-order valence-electron chi connectivity index (χ2n) is 4.99. The zero-order valence-corrected chi connectivity index (χ0v) is 12.0. The summed E-state index contributed by atoms with van der Waals surface area (Å²) in [5, 5.41) is 11.5. The number of carbonyl (C=O) groups is 2. The topological polar surface area (TPSA) is 78.9 Å². The second kappa shape index (κ2) is 7.08. The molecule has 1 aromatic carbocycles. The molecule has 1 unspecified atom stereocenters. The molecule has 1 atom stereocenters. The number of ether oxygens (including phenoxy) is 1. The van der Waals surface area contributed by atoms with Crippen molar-refractivity contribution < 1.29 is 19.4 Å². The molecule has 0 aliphatic carbocycles. The van der Waals surface area contributed by atoms with Crippen molar-refractivity contribution in [2.24, 2.45) is 0 Å². The molecule has 0 aromatic heterocycles. The maximum absolute atomic E-state index is 11.7. The molecule has 21 heavy (non-hydrogen) atoms. The van der Waals surface area contributed by atoms with E-state index in [9.17, 15) is 9.59 Å². The first-order chi connectivity index (χ1) is 10.1. The second-order valence-corrected chi connectivity index (χ2v) is 4.99. The lowest BCUT2D eigenvalue weighted by atomic mass is 10.2. The fourth-order valence-corrected chi connectivity index (χ4v) is 2.53. The zero-order valence-electron chi connectivity index (χ0n) is 12.0. The monoisotopic (exact) mass is 292 g/mol. The molecule has 1 amide bonds. The molecular formula is C15H20N2O4. The summed E-state index contributed by atoms with van der Waals surface area (Å²) in [4.78, 5) is 24.6. The summed E-state index contributed by atoms with van der Waals surface area (Å²) in [6.07, 6.45) is 1.90. The van der Waals surface area contributed by atoms with Gasteiger partial charge in [0.05, 0.1) is 11.6 Å². The Kier molecular flexibility index (Phi) is 5.16. The predicted octanol–water partition coefficient (Wildman–Crippen LogP) is 0.974. The van der Waals surface area contributed by atoms with Crippen LogP contribution in [0.15, 0.2) is 24.3 Å². The fourth-order valence-electron chi connectivity index (χ4n) is 2.53. The Labute approximate surface area is 123 Å². The molecule has 0 bridgehead atoms. The molecule has 1 fully saturated rings. The van der Waals surface area contributed by atoms with Gasteiger partial charge in [-0.2, -0.15) is 0 Å². The Balaban J connectivity index is 1.81. The minimum atomic E-state index is -0.952.